The molecule has 5 heteroatoms. The number of hydrogen-bond acceptors (Lipinski definition) is 4. The molecule has 1 fully saturated rings. The van der Waals surface area contributed by atoms with Crippen molar-refractivity contribution >= 4 is 28.4 Å². The van der Waals surface area contributed by atoms with E-state index in [1.807, 2.05) is 7.05 Å². The molecule has 0 unspecified atom stereocenters. The van der Waals surface area contributed by atoms with Gasteiger partial charge in [0.25, 0.3) is 0 Å². The normalized spacial score (nSPS) is 15.2. The molecule has 0 radical (unpaired) electrons. The molecule has 1 N–H and O–H groups in total. The lowest BCUT2D eigenvalue weighted by molar-refractivity contribution is 0.200. The zero-order valence-corrected chi connectivity index (χ0v) is 11.7. The predicted molar refractivity (Wildman–Crippen MR) is 71.9 cm³/mol. The van der Waals surface area contributed by atoms with Crippen LogP contribution in [0.3, 0.4) is 0 Å². The van der Waals surface area contributed by atoms with Gasteiger partial charge in [0.2, 0.25) is 0 Å². The SMILES string of the molecule is CNc1nc(CCOC)nc(C2CC2)c1I. The van der Waals surface area contributed by atoms with Gasteiger partial charge in [0.15, 0.2) is 0 Å². The minimum atomic E-state index is 0.656. The number of methoxy groups -OCH3 is 1. The molecule has 0 amide bonds. The van der Waals surface area contributed by atoms with Gasteiger partial charge in [-0.3, -0.25) is 0 Å². The van der Waals surface area contributed by atoms with Crippen LogP contribution in [0.15, 0.2) is 0 Å². The summed E-state index contributed by atoms with van der Waals surface area (Å²) in [5, 5.41) is 3.14. The van der Waals surface area contributed by atoms with Gasteiger partial charge in [-0.05, 0) is 35.4 Å². The van der Waals surface area contributed by atoms with E-state index in [0.29, 0.717) is 12.5 Å². The van der Waals surface area contributed by atoms with Gasteiger partial charge in [0.05, 0.1) is 15.9 Å². The molecule has 1 aliphatic carbocycles. The second-order valence-corrected chi connectivity index (χ2v) is 5.03. The highest BCUT2D eigenvalue weighted by atomic mass is 127. The first-order chi connectivity index (χ1) is 7.76. The lowest BCUT2D eigenvalue weighted by Crippen LogP contribution is -2.09. The summed E-state index contributed by atoms with van der Waals surface area (Å²) in [7, 11) is 3.61. The molecule has 1 aromatic heterocycles. The van der Waals surface area contributed by atoms with Crippen molar-refractivity contribution in [3.63, 3.8) is 0 Å². The molecule has 0 atom stereocenters. The maximum atomic E-state index is 5.06. The average Bonchev–Trinajstić information content (AvgIpc) is 3.11. The highest BCUT2D eigenvalue weighted by molar-refractivity contribution is 14.1. The summed E-state index contributed by atoms with van der Waals surface area (Å²) in [6.45, 7) is 0.674. The fourth-order valence-corrected chi connectivity index (χ4v) is 2.56. The van der Waals surface area contributed by atoms with Crippen LogP contribution < -0.4 is 5.32 Å². The van der Waals surface area contributed by atoms with Gasteiger partial charge in [0, 0.05) is 26.5 Å². The Kier molecular flexibility index (Phi) is 3.96. The van der Waals surface area contributed by atoms with Crippen molar-refractivity contribution in [1.29, 1.82) is 0 Å². The van der Waals surface area contributed by atoms with Crippen molar-refractivity contribution in [2.45, 2.75) is 25.2 Å². The third-order valence-corrected chi connectivity index (χ3v) is 3.72. The summed E-state index contributed by atoms with van der Waals surface area (Å²) in [6, 6.07) is 0. The number of hydrogen-bond donors (Lipinski definition) is 1. The van der Waals surface area contributed by atoms with Crippen molar-refractivity contribution in [1.82, 2.24) is 9.97 Å². The van der Waals surface area contributed by atoms with Crippen LogP contribution in [0.25, 0.3) is 0 Å². The van der Waals surface area contributed by atoms with Crippen LogP contribution >= 0.6 is 22.6 Å². The maximum absolute atomic E-state index is 5.06. The summed E-state index contributed by atoms with van der Waals surface area (Å²) in [5.74, 6) is 2.49. The second-order valence-electron chi connectivity index (χ2n) is 3.95. The van der Waals surface area contributed by atoms with E-state index in [1.54, 1.807) is 7.11 Å². The highest BCUT2D eigenvalue weighted by Crippen LogP contribution is 2.42. The Labute approximate surface area is 109 Å². The van der Waals surface area contributed by atoms with Gasteiger partial charge < -0.3 is 10.1 Å². The molecule has 1 aliphatic rings. The van der Waals surface area contributed by atoms with Crippen LogP contribution in [0.2, 0.25) is 0 Å². The van der Waals surface area contributed by atoms with E-state index in [-0.39, 0.29) is 0 Å². The minimum absolute atomic E-state index is 0.656. The molecule has 2 rings (SSSR count). The van der Waals surface area contributed by atoms with Gasteiger partial charge in [-0.25, -0.2) is 9.97 Å². The molecular formula is C11H16IN3O. The number of halogens is 1. The van der Waals surface area contributed by atoms with Crippen LogP contribution in [0.1, 0.15) is 30.3 Å². The first-order valence-electron chi connectivity index (χ1n) is 5.49. The van der Waals surface area contributed by atoms with E-state index in [1.165, 1.54) is 22.1 Å². The smallest absolute Gasteiger partial charge is 0.143 e. The van der Waals surface area contributed by atoms with Crippen molar-refractivity contribution in [2.75, 3.05) is 26.1 Å². The van der Waals surface area contributed by atoms with Crippen LogP contribution in [0.4, 0.5) is 5.82 Å². The van der Waals surface area contributed by atoms with Gasteiger partial charge in [-0.1, -0.05) is 0 Å². The van der Waals surface area contributed by atoms with E-state index in [9.17, 15) is 0 Å². The number of anilines is 1. The van der Waals surface area contributed by atoms with Crippen LogP contribution in [0, 0.1) is 3.57 Å². The first-order valence-corrected chi connectivity index (χ1v) is 6.57. The lowest BCUT2D eigenvalue weighted by atomic mass is 10.2. The number of aromatic nitrogens is 2. The van der Waals surface area contributed by atoms with Gasteiger partial charge in [0.1, 0.15) is 11.6 Å². The van der Waals surface area contributed by atoms with Crippen LogP contribution in [-0.4, -0.2) is 30.7 Å². The predicted octanol–water partition coefficient (Wildman–Crippen LogP) is 2.19. The Hall–Kier alpha value is -0.430. The van der Waals surface area contributed by atoms with E-state index in [2.05, 4.69) is 37.9 Å². The molecule has 0 aromatic carbocycles. The summed E-state index contributed by atoms with van der Waals surface area (Å²) in [6.07, 6.45) is 3.31. The lowest BCUT2D eigenvalue weighted by Gasteiger charge is -2.10. The Bertz CT molecular complexity index is 380. The molecule has 0 spiro atoms. The summed E-state index contributed by atoms with van der Waals surface area (Å²) < 4.78 is 6.23. The fourth-order valence-electron chi connectivity index (χ4n) is 1.61. The standard InChI is InChI=1S/C11H16IN3O/c1-13-11-9(12)10(7-3-4-7)14-8(15-11)5-6-16-2/h7H,3-6H2,1-2H3,(H,13,14,15). The molecule has 0 bridgehead atoms. The third kappa shape index (κ3) is 2.63. The van der Waals surface area contributed by atoms with Crippen molar-refractivity contribution in [2.24, 2.45) is 0 Å². The third-order valence-electron chi connectivity index (χ3n) is 2.65. The van der Waals surface area contributed by atoms with E-state index in [4.69, 9.17) is 4.74 Å². The average molecular weight is 333 g/mol. The van der Waals surface area contributed by atoms with Crippen molar-refractivity contribution in [3.05, 3.63) is 15.1 Å². The van der Waals surface area contributed by atoms with Crippen molar-refractivity contribution < 1.29 is 4.74 Å². The Morgan fingerprint density at radius 1 is 1.44 bits per heavy atom. The number of nitrogens with zero attached hydrogens (tertiary/aromatic N) is 2. The summed E-state index contributed by atoms with van der Waals surface area (Å²) in [4.78, 5) is 9.13. The fraction of sp³-hybridized carbons (Fsp3) is 0.636. The van der Waals surface area contributed by atoms with Crippen molar-refractivity contribution in [3.8, 4) is 0 Å². The molecular weight excluding hydrogens is 317 g/mol. The second kappa shape index (κ2) is 5.27. The van der Waals surface area contributed by atoms with E-state index in [0.717, 1.165) is 18.1 Å². The molecule has 0 aliphatic heterocycles. The molecule has 4 nitrogen and oxygen atoms in total. The molecule has 1 heterocycles. The van der Waals surface area contributed by atoms with E-state index >= 15 is 0 Å². The number of rotatable bonds is 5. The zero-order valence-electron chi connectivity index (χ0n) is 9.59. The van der Waals surface area contributed by atoms with Gasteiger partial charge >= 0.3 is 0 Å². The highest BCUT2D eigenvalue weighted by Gasteiger charge is 2.29. The summed E-state index contributed by atoms with van der Waals surface area (Å²) in [5.41, 5.74) is 1.21. The van der Waals surface area contributed by atoms with Gasteiger partial charge in [-0.2, -0.15) is 0 Å². The largest absolute Gasteiger partial charge is 0.384 e. The zero-order chi connectivity index (χ0) is 11.5. The Morgan fingerprint density at radius 2 is 2.19 bits per heavy atom. The first kappa shape index (κ1) is 12.0. The number of ether oxygens (including phenoxy) is 1. The van der Waals surface area contributed by atoms with Gasteiger partial charge in [-0.15, -0.1) is 0 Å². The minimum Gasteiger partial charge on any atom is -0.384 e. The van der Waals surface area contributed by atoms with Crippen LogP contribution in [0.5, 0.6) is 0 Å². The molecule has 88 valence electrons. The number of nitrogens with one attached hydrogen (secondary N) is 1. The molecule has 16 heavy (non-hydrogen) atoms. The monoisotopic (exact) mass is 333 g/mol. The Balaban J connectivity index is 2.28. The summed E-state index contributed by atoms with van der Waals surface area (Å²) >= 11 is 2.33. The molecule has 1 saturated carbocycles. The Morgan fingerprint density at radius 3 is 2.75 bits per heavy atom. The molecule has 1 aromatic rings. The quantitative estimate of drug-likeness (QED) is 0.839. The van der Waals surface area contributed by atoms with Crippen LogP contribution in [-0.2, 0) is 11.2 Å². The maximum Gasteiger partial charge on any atom is 0.143 e. The topological polar surface area (TPSA) is 47.0 Å². The molecule has 0 saturated heterocycles. The van der Waals surface area contributed by atoms with E-state index < -0.39 is 0 Å².